The quantitative estimate of drug-likeness (QED) is 0.737. The molecular formula is C11H16N2O. The van der Waals surface area contributed by atoms with E-state index in [9.17, 15) is 4.79 Å². The number of carbonyl (C=O) groups is 1. The molecule has 0 radical (unpaired) electrons. The molecule has 0 aromatic carbocycles. The Labute approximate surface area is 84.3 Å². The van der Waals surface area contributed by atoms with Crippen LogP contribution in [0.2, 0.25) is 0 Å². The average molecular weight is 192 g/mol. The van der Waals surface area contributed by atoms with Crippen molar-refractivity contribution >= 4 is 5.91 Å². The summed E-state index contributed by atoms with van der Waals surface area (Å²) in [6, 6.07) is 1.90. The van der Waals surface area contributed by atoms with Gasteiger partial charge in [-0.25, -0.2) is 0 Å². The third kappa shape index (κ3) is 1.92. The standard InChI is InChI=1S/C11H16N2O/c1-7-5-6-13-9(10(12)14)8(7)11(2,3)4/h5-6H,1-4H3,(H2,12,14). The van der Waals surface area contributed by atoms with Gasteiger partial charge in [-0.3, -0.25) is 9.78 Å². The zero-order valence-electron chi connectivity index (χ0n) is 9.09. The number of carbonyl (C=O) groups excluding carboxylic acids is 1. The molecule has 0 fully saturated rings. The van der Waals surface area contributed by atoms with Gasteiger partial charge in [0.2, 0.25) is 0 Å². The SMILES string of the molecule is Cc1ccnc(C(N)=O)c1C(C)(C)C. The lowest BCUT2D eigenvalue weighted by Crippen LogP contribution is -2.23. The van der Waals surface area contributed by atoms with Crippen molar-refractivity contribution < 1.29 is 4.79 Å². The zero-order valence-corrected chi connectivity index (χ0v) is 9.09. The summed E-state index contributed by atoms with van der Waals surface area (Å²) in [6.45, 7) is 8.10. The first kappa shape index (κ1) is 10.7. The number of hydrogen-bond donors (Lipinski definition) is 1. The number of nitrogens with zero attached hydrogens (tertiary/aromatic N) is 1. The fourth-order valence-corrected chi connectivity index (χ4v) is 1.69. The predicted molar refractivity (Wildman–Crippen MR) is 56.2 cm³/mol. The molecule has 1 amide bonds. The van der Waals surface area contributed by atoms with Gasteiger partial charge in [0.05, 0.1) is 0 Å². The summed E-state index contributed by atoms with van der Waals surface area (Å²) in [5.74, 6) is -0.460. The van der Waals surface area contributed by atoms with Gasteiger partial charge in [0.25, 0.3) is 5.91 Å². The topological polar surface area (TPSA) is 56.0 Å². The molecule has 0 bridgehead atoms. The molecule has 0 unspecified atom stereocenters. The van der Waals surface area contributed by atoms with E-state index < -0.39 is 5.91 Å². The molecule has 3 nitrogen and oxygen atoms in total. The van der Waals surface area contributed by atoms with E-state index in [1.165, 1.54) is 0 Å². The van der Waals surface area contributed by atoms with Crippen molar-refractivity contribution in [2.24, 2.45) is 5.73 Å². The minimum Gasteiger partial charge on any atom is -0.364 e. The van der Waals surface area contributed by atoms with Crippen molar-refractivity contribution in [2.75, 3.05) is 0 Å². The van der Waals surface area contributed by atoms with Crippen LogP contribution in [0.25, 0.3) is 0 Å². The number of nitrogens with two attached hydrogens (primary N) is 1. The van der Waals surface area contributed by atoms with Crippen LogP contribution in [0.3, 0.4) is 0 Å². The highest BCUT2D eigenvalue weighted by Crippen LogP contribution is 2.27. The molecule has 1 aromatic heterocycles. The minimum absolute atomic E-state index is 0.108. The summed E-state index contributed by atoms with van der Waals surface area (Å²) < 4.78 is 0. The van der Waals surface area contributed by atoms with Gasteiger partial charge >= 0.3 is 0 Å². The first-order valence-electron chi connectivity index (χ1n) is 4.60. The Morgan fingerprint density at radius 2 is 2.00 bits per heavy atom. The highest BCUT2D eigenvalue weighted by Gasteiger charge is 2.23. The Kier molecular flexibility index (Phi) is 2.60. The van der Waals surface area contributed by atoms with Crippen LogP contribution in [-0.2, 0) is 5.41 Å². The van der Waals surface area contributed by atoms with Crippen LogP contribution < -0.4 is 5.73 Å². The van der Waals surface area contributed by atoms with E-state index in [1.54, 1.807) is 6.20 Å². The van der Waals surface area contributed by atoms with Crippen LogP contribution in [0.4, 0.5) is 0 Å². The van der Waals surface area contributed by atoms with Gasteiger partial charge in [-0.2, -0.15) is 0 Å². The fraction of sp³-hybridized carbons (Fsp3) is 0.455. The number of pyridine rings is 1. The van der Waals surface area contributed by atoms with Gasteiger partial charge in [-0.1, -0.05) is 20.8 Å². The first-order chi connectivity index (χ1) is 6.34. The van der Waals surface area contributed by atoms with Gasteiger partial charge in [-0.15, -0.1) is 0 Å². The summed E-state index contributed by atoms with van der Waals surface area (Å²) in [4.78, 5) is 15.2. The molecule has 1 aromatic rings. The van der Waals surface area contributed by atoms with Crippen LogP contribution in [-0.4, -0.2) is 10.9 Å². The van der Waals surface area contributed by atoms with Crippen LogP contribution in [0, 0.1) is 6.92 Å². The summed E-state index contributed by atoms with van der Waals surface area (Å²) in [7, 11) is 0. The van der Waals surface area contributed by atoms with Gasteiger partial charge in [0, 0.05) is 6.20 Å². The largest absolute Gasteiger partial charge is 0.364 e. The molecule has 0 aliphatic heterocycles. The van der Waals surface area contributed by atoms with Crippen molar-refractivity contribution in [3.05, 3.63) is 29.1 Å². The summed E-state index contributed by atoms with van der Waals surface area (Å²) in [5, 5.41) is 0. The fourth-order valence-electron chi connectivity index (χ4n) is 1.69. The van der Waals surface area contributed by atoms with E-state index in [0.29, 0.717) is 5.69 Å². The van der Waals surface area contributed by atoms with Gasteiger partial charge < -0.3 is 5.73 Å². The number of rotatable bonds is 1. The molecule has 0 atom stereocenters. The Morgan fingerprint density at radius 3 is 2.36 bits per heavy atom. The van der Waals surface area contributed by atoms with E-state index in [2.05, 4.69) is 4.98 Å². The van der Waals surface area contributed by atoms with E-state index in [0.717, 1.165) is 11.1 Å². The van der Waals surface area contributed by atoms with Crippen LogP contribution >= 0.6 is 0 Å². The summed E-state index contributed by atoms with van der Waals surface area (Å²) in [5.41, 5.74) is 7.55. The molecule has 76 valence electrons. The Morgan fingerprint density at radius 1 is 1.43 bits per heavy atom. The number of hydrogen-bond acceptors (Lipinski definition) is 2. The molecule has 14 heavy (non-hydrogen) atoms. The lowest BCUT2D eigenvalue weighted by Gasteiger charge is -2.23. The Balaban J connectivity index is 3.45. The second kappa shape index (κ2) is 3.40. The van der Waals surface area contributed by atoms with Gasteiger partial charge in [0.1, 0.15) is 5.69 Å². The van der Waals surface area contributed by atoms with Crippen molar-refractivity contribution in [2.45, 2.75) is 33.1 Å². The van der Waals surface area contributed by atoms with E-state index in [4.69, 9.17) is 5.73 Å². The van der Waals surface area contributed by atoms with Gasteiger partial charge in [0.15, 0.2) is 0 Å². The van der Waals surface area contributed by atoms with Crippen LogP contribution in [0.1, 0.15) is 42.4 Å². The smallest absolute Gasteiger partial charge is 0.267 e. The first-order valence-corrected chi connectivity index (χ1v) is 4.60. The average Bonchev–Trinajstić information content (AvgIpc) is 2.01. The maximum atomic E-state index is 11.2. The second-order valence-corrected chi connectivity index (χ2v) is 4.47. The molecule has 0 aliphatic rings. The van der Waals surface area contributed by atoms with E-state index >= 15 is 0 Å². The van der Waals surface area contributed by atoms with Crippen molar-refractivity contribution in [1.82, 2.24) is 4.98 Å². The van der Waals surface area contributed by atoms with Gasteiger partial charge in [-0.05, 0) is 29.5 Å². The normalized spacial score (nSPS) is 11.4. The van der Waals surface area contributed by atoms with Crippen molar-refractivity contribution in [3.63, 3.8) is 0 Å². The molecule has 0 spiro atoms. The molecule has 0 saturated carbocycles. The molecule has 0 saturated heterocycles. The molecule has 2 N–H and O–H groups in total. The third-order valence-electron chi connectivity index (χ3n) is 2.14. The monoisotopic (exact) mass is 192 g/mol. The molecule has 3 heteroatoms. The molecule has 1 heterocycles. The van der Waals surface area contributed by atoms with Crippen molar-refractivity contribution in [1.29, 1.82) is 0 Å². The van der Waals surface area contributed by atoms with Crippen LogP contribution in [0.15, 0.2) is 12.3 Å². The maximum absolute atomic E-state index is 11.2. The van der Waals surface area contributed by atoms with E-state index in [1.807, 2.05) is 33.8 Å². The number of amides is 1. The molecule has 1 rings (SSSR count). The molecular weight excluding hydrogens is 176 g/mol. The highest BCUT2D eigenvalue weighted by molar-refractivity contribution is 5.93. The van der Waals surface area contributed by atoms with E-state index in [-0.39, 0.29) is 5.41 Å². The predicted octanol–water partition coefficient (Wildman–Crippen LogP) is 1.79. The summed E-state index contributed by atoms with van der Waals surface area (Å²) in [6.07, 6.45) is 1.62. The number of primary amides is 1. The Hall–Kier alpha value is -1.38. The maximum Gasteiger partial charge on any atom is 0.267 e. The lowest BCUT2D eigenvalue weighted by atomic mass is 9.83. The summed E-state index contributed by atoms with van der Waals surface area (Å²) >= 11 is 0. The number of aromatic nitrogens is 1. The lowest BCUT2D eigenvalue weighted by molar-refractivity contribution is 0.0993. The minimum atomic E-state index is -0.460. The van der Waals surface area contributed by atoms with Crippen molar-refractivity contribution in [3.8, 4) is 0 Å². The Bertz CT molecular complexity index is 364. The second-order valence-electron chi connectivity index (χ2n) is 4.47. The van der Waals surface area contributed by atoms with Crippen LogP contribution in [0.5, 0.6) is 0 Å². The third-order valence-corrected chi connectivity index (χ3v) is 2.14. The highest BCUT2D eigenvalue weighted by atomic mass is 16.1. The zero-order chi connectivity index (χ0) is 10.9. The number of aryl methyl sites for hydroxylation is 1. The molecule has 0 aliphatic carbocycles.